The van der Waals surface area contributed by atoms with E-state index in [2.05, 4.69) is 44.9 Å². The summed E-state index contributed by atoms with van der Waals surface area (Å²) < 4.78 is 11.7. The fourth-order valence-electron chi connectivity index (χ4n) is 4.45. The van der Waals surface area contributed by atoms with Crippen molar-refractivity contribution in [2.24, 2.45) is 10.9 Å². The molecule has 4 heterocycles. The number of benzene rings is 1. The number of nitrogens with zero attached hydrogens (tertiary/aromatic N) is 4. The number of dihydropyridines is 1. The molecule has 0 radical (unpaired) electrons. The molecule has 0 spiro atoms. The van der Waals surface area contributed by atoms with Crippen molar-refractivity contribution in [3.05, 3.63) is 47.2 Å². The lowest BCUT2D eigenvalue weighted by atomic mass is 10.0. The van der Waals surface area contributed by atoms with Gasteiger partial charge in [-0.2, -0.15) is 0 Å². The van der Waals surface area contributed by atoms with Gasteiger partial charge in [-0.3, -0.25) is 19.8 Å². The Morgan fingerprint density at radius 2 is 2.07 bits per heavy atom. The van der Waals surface area contributed by atoms with Crippen LogP contribution >= 0.6 is 0 Å². The quantitative estimate of drug-likeness (QED) is 0.801. The van der Waals surface area contributed by atoms with E-state index in [9.17, 15) is 0 Å². The molecule has 1 fully saturated rings. The van der Waals surface area contributed by atoms with Crippen LogP contribution < -0.4 is 4.74 Å². The van der Waals surface area contributed by atoms with Gasteiger partial charge in [-0.15, -0.1) is 0 Å². The van der Waals surface area contributed by atoms with Crippen molar-refractivity contribution in [2.75, 3.05) is 46.1 Å². The maximum absolute atomic E-state index is 6.22. The molecule has 0 bridgehead atoms. The van der Waals surface area contributed by atoms with E-state index in [-0.39, 0.29) is 0 Å². The second kappa shape index (κ2) is 8.22. The monoisotopic (exact) mass is 392 g/mol. The van der Waals surface area contributed by atoms with Crippen molar-refractivity contribution >= 4 is 17.1 Å². The zero-order valence-corrected chi connectivity index (χ0v) is 17.0. The van der Waals surface area contributed by atoms with Crippen LogP contribution in [0.4, 0.5) is 0 Å². The van der Waals surface area contributed by atoms with E-state index in [0.717, 1.165) is 63.7 Å². The second-order valence-corrected chi connectivity index (χ2v) is 8.29. The minimum Gasteiger partial charge on any atom is -0.475 e. The first-order chi connectivity index (χ1) is 14.3. The summed E-state index contributed by atoms with van der Waals surface area (Å²) in [6.45, 7) is 9.94. The zero-order valence-electron chi connectivity index (χ0n) is 17.0. The standard InChI is InChI=1S/C23H28N4O2/c1-17-9-18(12-24-11-17)13-27-15-20-10-19(14-26-5-7-28-8-6-26)21-3-2-4-25-22(21)23(20)29-16-27/h2-4,9-10,12,17H,5-8,11,13-16H2,1H3/t17-/m0/s1. The van der Waals surface area contributed by atoms with E-state index in [1.165, 1.54) is 22.1 Å². The van der Waals surface area contributed by atoms with Crippen LogP contribution in [0.2, 0.25) is 0 Å². The summed E-state index contributed by atoms with van der Waals surface area (Å²) in [6, 6.07) is 6.51. The molecule has 1 aromatic heterocycles. The zero-order chi connectivity index (χ0) is 19.6. The smallest absolute Gasteiger partial charge is 0.152 e. The van der Waals surface area contributed by atoms with E-state index >= 15 is 0 Å². The number of aromatic nitrogens is 1. The average molecular weight is 393 g/mol. The highest BCUT2D eigenvalue weighted by Crippen LogP contribution is 2.35. The molecule has 6 heteroatoms. The van der Waals surface area contributed by atoms with Gasteiger partial charge in [-0.1, -0.05) is 19.1 Å². The molecule has 152 valence electrons. The molecule has 0 unspecified atom stereocenters. The third-order valence-electron chi connectivity index (χ3n) is 5.85. The molecular weight excluding hydrogens is 364 g/mol. The van der Waals surface area contributed by atoms with Gasteiger partial charge in [0, 0.05) is 62.6 Å². The number of fused-ring (bicyclic) bond motifs is 3. The lowest BCUT2D eigenvalue weighted by molar-refractivity contribution is 0.0343. The molecule has 1 saturated heterocycles. The molecule has 1 aromatic carbocycles. The van der Waals surface area contributed by atoms with Crippen molar-refractivity contribution in [1.82, 2.24) is 14.8 Å². The highest BCUT2D eigenvalue weighted by atomic mass is 16.5. The predicted molar refractivity (Wildman–Crippen MR) is 114 cm³/mol. The molecule has 3 aliphatic heterocycles. The molecule has 3 aliphatic rings. The number of ether oxygens (including phenoxy) is 2. The van der Waals surface area contributed by atoms with Crippen LogP contribution in [0.15, 0.2) is 41.0 Å². The Bertz CT molecular complexity index is 949. The maximum atomic E-state index is 6.22. The first-order valence-electron chi connectivity index (χ1n) is 10.5. The molecule has 0 amide bonds. The third kappa shape index (κ3) is 4.06. The topological polar surface area (TPSA) is 50.2 Å². The Balaban J connectivity index is 1.42. The van der Waals surface area contributed by atoms with Gasteiger partial charge < -0.3 is 9.47 Å². The average Bonchev–Trinajstić information content (AvgIpc) is 2.74. The number of aliphatic imine (C=N–C) groups is 1. The van der Waals surface area contributed by atoms with Crippen LogP contribution in [-0.4, -0.2) is 67.1 Å². The molecular formula is C23H28N4O2. The third-order valence-corrected chi connectivity index (χ3v) is 5.85. The Morgan fingerprint density at radius 1 is 1.17 bits per heavy atom. The largest absolute Gasteiger partial charge is 0.475 e. The van der Waals surface area contributed by atoms with Gasteiger partial charge in [0.15, 0.2) is 5.75 Å². The Morgan fingerprint density at radius 3 is 2.93 bits per heavy atom. The van der Waals surface area contributed by atoms with E-state index in [1.54, 1.807) is 0 Å². The molecule has 29 heavy (non-hydrogen) atoms. The molecule has 1 atom stereocenters. The van der Waals surface area contributed by atoms with Crippen molar-refractivity contribution in [3.8, 4) is 5.75 Å². The SMILES string of the molecule is C[C@H]1C=C(CN2COc3c(cc(CN4CCOCC4)c4cccnc34)C2)C=NC1. The summed E-state index contributed by atoms with van der Waals surface area (Å²) in [6.07, 6.45) is 6.21. The fourth-order valence-corrected chi connectivity index (χ4v) is 4.45. The molecule has 6 nitrogen and oxygen atoms in total. The van der Waals surface area contributed by atoms with Crippen LogP contribution in [0, 0.1) is 5.92 Å². The van der Waals surface area contributed by atoms with E-state index in [0.29, 0.717) is 12.6 Å². The fraction of sp³-hybridized carbons (Fsp3) is 0.478. The van der Waals surface area contributed by atoms with Gasteiger partial charge >= 0.3 is 0 Å². The summed E-state index contributed by atoms with van der Waals surface area (Å²) in [7, 11) is 0. The molecule has 0 N–H and O–H groups in total. The van der Waals surface area contributed by atoms with Crippen molar-refractivity contribution < 1.29 is 9.47 Å². The molecule has 5 rings (SSSR count). The van der Waals surface area contributed by atoms with E-state index in [4.69, 9.17) is 9.47 Å². The number of hydrogen-bond donors (Lipinski definition) is 0. The van der Waals surface area contributed by atoms with Crippen LogP contribution in [-0.2, 0) is 17.8 Å². The minimum atomic E-state index is 0.515. The lowest BCUT2D eigenvalue weighted by Crippen LogP contribution is -2.36. The van der Waals surface area contributed by atoms with Crippen molar-refractivity contribution in [3.63, 3.8) is 0 Å². The van der Waals surface area contributed by atoms with Gasteiger partial charge in [0.2, 0.25) is 0 Å². The maximum Gasteiger partial charge on any atom is 0.152 e. The first-order valence-corrected chi connectivity index (χ1v) is 10.5. The van der Waals surface area contributed by atoms with E-state index in [1.807, 2.05) is 18.5 Å². The van der Waals surface area contributed by atoms with Gasteiger partial charge in [0.1, 0.15) is 12.2 Å². The first kappa shape index (κ1) is 18.7. The second-order valence-electron chi connectivity index (χ2n) is 8.29. The summed E-state index contributed by atoms with van der Waals surface area (Å²) in [5.74, 6) is 1.46. The summed E-state index contributed by atoms with van der Waals surface area (Å²) in [4.78, 5) is 14.0. The van der Waals surface area contributed by atoms with E-state index < -0.39 is 0 Å². The Labute approximate surface area is 171 Å². The summed E-state index contributed by atoms with van der Waals surface area (Å²) in [5, 5.41) is 1.20. The van der Waals surface area contributed by atoms with Gasteiger partial charge in [-0.05, 0) is 29.2 Å². The Hall–Kier alpha value is -2.28. The highest BCUT2D eigenvalue weighted by molar-refractivity contribution is 5.89. The number of pyridine rings is 1. The van der Waals surface area contributed by atoms with Crippen LogP contribution in [0.1, 0.15) is 18.1 Å². The van der Waals surface area contributed by atoms with Crippen LogP contribution in [0.3, 0.4) is 0 Å². The summed E-state index contributed by atoms with van der Waals surface area (Å²) >= 11 is 0. The normalized spacial score (nSPS) is 22.9. The Kier molecular flexibility index (Phi) is 5.31. The molecule has 0 aliphatic carbocycles. The number of morpholine rings is 1. The highest BCUT2D eigenvalue weighted by Gasteiger charge is 2.24. The number of hydrogen-bond acceptors (Lipinski definition) is 6. The number of rotatable bonds is 4. The van der Waals surface area contributed by atoms with Gasteiger partial charge in [-0.25, -0.2) is 0 Å². The lowest BCUT2D eigenvalue weighted by Gasteiger charge is -2.32. The summed E-state index contributed by atoms with van der Waals surface area (Å²) in [5.41, 5.74) is 4.82. The molecule has 2 aromatic rings. The van der Waals surface area contributed by atoms with Crippen LogP contribution in [0.5, 0.6) is 5.75 Å². The van der Waals surface area contributed by atoms with Crippen LogP contribution in [0.25, 0.3) is 10.9 Å². The predicted octanol–water partition coefficient (Wildman–Crippen LogP) is 2.87. The van der Waals surface area contributed by atoms with Crippen molar-refractivity contribution in [2.45, 2.75) is 20.0 Å². The van der Waals surface area contributed by atoms with Crippen molar-refractivity contribution in [1.29, 1.82) is 0 Å². The molecule has 0 saturated carbocycles. The van der Waals surface area contributed by atoms with Gasteiger partial charge in [0.05, 0.1) is 13.2 Å². The minimum absolute atomic E-state index is 0.515. The van der Waals surface area contributed by atoms with Gasteiger partial charge in [0.25, 0.3) is 0 Å².